The molecule has 1 amide bonds. The predicted molar refractivity (Wildman–Crippen MR) is 106 cm³/mol. The summed E-state index contributed by atoms with van der Waals surface area (Å²) in [5.74, 6) is 0. The Hall–Kier alpha value is -1.31. The normalized spacial score (nSPS) is 13.5. The van der Waals surface area contributed by atoms with E-state index in [2.05, 4.69) is 46.9 Å². The standard InChI is InChI=1S/C12H16ClIN2O2.C6H4/c1-16(2)8-7-12(14,18-11(15)17)9-3-5-10(13)6-4-9;1-2-6-4-3-5(1)6/h3-6H,7-8H2,1-2H3,(H2,15,17);1-4H. The molecule has 1 aromatic carbocycles. The van der Waals surface area contributed by atoms with Gasteiger partial charge in [0.05, 0.1) is 0 Å². The first-order chi connectivity index (χ1) is 11.3. The van der Waals surface area contributed by atoms with Crippen molar-refractivity contribution in [1.29, 1.82) is 0 Å². The van der Waals surface area contributed by atoms with Crippen LogP contribution in [0, 0.1) is 0 Å². The fraction of sp³-hybridized carbons (Fsp3) is 0.278. The molecule has 1 aromatic rings. The third-order valence-electron chi connectivity index (χ3n) is 3.64. The van der Waals surface area contributed by atoms with Crippen molar-refractivity contribution in [2.45, 2.75) is 10.0 Å². The van der Waals surface area contributed by atoms with E-state index in [9.17, 15) is 4.79 Å². The van der Waals surface area contributed by atoms with Crippen LogP contribution in [0.25, 0.3) is 11.1 Å². The number of halogens is 2. The molecule has 0 aromatic heterocycles. The number of amides is 1. The predicted octanol–water partition coefficient (Wildman–Crippen LogP) is 4.64. The lowest BCUT2D eigenvalue weighted by Gasteiger charge is -2.28. The first-order valence-corrected chi connectivity index (χ1v) is 8.94. The number of primary amides is 1. The summed E-state index contributed by atoms with van der Waals surface area (Å²) in [4.78, 5) is 13.1. The van der Waals surface area contributed by atoms with Crippen molar-refractivity contribution in [2.24, 2.45) is 5.73 Å². The van der Waals surface area contributed by atoms with Crippen LogP contribution < -0.4 is 5.73 Å². The second-order valence-electron chi connectivity index (χ2n) is 5.79. The Bertz CT molecular complexity index is 668. The monoisotopic (exact) mass is 458 g/mol. The number of benzene rings is 2. The fourth-order valence-corrected chi connectivity index (χ4v) is 3.09. The molecule has 2 aliphatic carbocycles. The van der Waals surface area contributed by atoms with Gasteiger partial charge >= 0.3 is 6.09 Å². The van der Waals surface area contributed by atoms with Gasteiger partial charge in [0.15, 0.2) is 3.61 Å². The quantitative estimate of drug-likeness (QED) is 0.448. The van der Waals surface area contributed by atoms with Crippen molar-refractivity contribution in [3.8, 4) is 11.1 Å². The summed E-state index contributed by atoms with van der Waals surface area (Å²) in [6, 6.07) is 15.7. The molecule has 0 heterocycles. The van der Waals surface area contributed by atoms with Crippen LogP contribution in [-0.2, 0) is 8.34 Å². The second kappa shape index (κ2) is 8.18. The van der Waals surface area contributed by atoms with Crippen LogP contribution in [-0.4, -0.2) is 31.6 Å². The highest BCUT2D eigenvalue weighted by Crippen LogP contribution is 2.37. The van der Waals surface area contributed by atoms with Gasteiger partial charge in [-0.25, -0.2) is 4.79 Å². The first-order valence-electron chi connectivity index (χ1n) is 7.49. The van der Waals surface area contributed by atoms with E-state index in [1.165, 1.54) is 11.1 Å². The number of ether oxygens (including phenoxy) is 1. The molecule has 0 bridgehead atoms. The molecule has 4 nitrogen and oxygen atoms in total. The summed E-state index contributed by atoms with van der Waals surface area (Å²) in [6.07, 6.45) is -0.136. The molecule has 2 aliphatic rings. The van der Waals surface area contributed by atoms with Crippen molar-refractivity contribution >= 4 is 40.3 Å². The van der Waals surface area contributed by atoms with E-state index in [1.54, 1.807) is 12.1 Å². The van der Waals surface area contributed by atoms with E-state index >= 15 is 0 Å². The summed E-state index contributed by atoms with van der Waals surface area (Å²) in [7, 11) is 3.92. The van der Waals surface area contributed by atoms with Crippen LogP contribution in [0.1, 0.15) is 12.0 Å². The maximum atomic E-state index is 11.1. The van der Waals surface area contributed by atoms with Crippen molar-refractivity contribution in [3.63, 3.8) is 0 Å². The van der Waals surface area contributed by atoms with Gasteiger partial charge in [-0.05, 0) is 59.9 Å². The van der Waals surface area contributed by atoms with Crippen molar-refractivity contribution in [1.82, 2.24) is 4.90 Å². The van der Waals surface area contributed by atoms with Crippen LogP contribution in [0.15, 0.2) is 48.5 Å². The van der Waals surface area contributed by atoms with Gasteiger partial charge in [0, 0.05) is 23.6 Å². The molecular weight excluding hydrogens is 439 g/mol. The van der Waals surface area contributed by atoms with E-state index < -0.39 is 9.70 Å². The topological polar surface area (TPSA) is 55.6 Å². The van der Waals surface area contributed by atoms with Gasteiger partial charge in [0.1, 0.15) is 0 Å². The smallest absolute Gasteiger partial charge is 0.406 e. The zero-order valence-corrected chi connectivity index (χ0v) is 16.5. The number of hydrogen-bond donors (Lipinski definition) is 1. The molecule has 0 fully saturated rings. The zero-order valence-electron chi connectivity index (χ0n) is 13.6. The third-order valence-corrected chi connectivity index (χ3v) is 5.27. The minimum Gasteiger partial charge on any atom is -0.428 e. The molecule has 0 saturated carbocycles. The number of nitrogens with two attached hydrogens (primary N) is 1. The van der Waals surface area contributed by atoms with Crippen molar-refractivity contribution in [2.75, 3.05) is 20.6 Å². The van der Waals surface area contributed by atoms with Gasteiger partial charge in [-0.3, -0.25) is 0 Å². The van der Waals surface area contributed by atoms with E-state index in [0.717, 1.165) is 12.1 Å². The molecule has 2 N–H and O–H groups in total. The zero-order chi connectivity index (χ0) is 17.7. The summed E-state index contributed by atoms with van der Waals surface area (Å²) >= 11 is 7.96. The fourth-order valence-electron chi connectivity index (χ4n) is 2.14. The minimum absolute atomic E-state index is 0.643. The number of rotatable bonds is 5. The molecule has 6 heteroatoms. The Labute approximate surface area is 161 Å². The molecule has 24 heavy (non-hydrogen) atoms. The van der Waals surface area contributed by atoms with Crippen LogP contribution in [0.3, 0.4) is 0 Å². The van der Waals surface area contributed by atoms with Gasteiger partial charge in [0.25, 0.3) is 0 Å². The SMILES string of the molecule is CN(C)CCC(I)(OC(N)=O)c1ccc(Cl)cc1.c1cc2ccc1-2. The number of fused-ring (bicyclic) bond motifs is 1. The average Bonchev–Trinajstić information content (AvgIpc) is 2.49. The Morgan fingerprint density at radius 3 is 1.96 bits per heavy atom. The van der Waals surface area contributed by atoms with E-state index in [-0.39, 0.29) is 0 Å². The first kappa shape index (κ1) is 19.0. The van der Waals surface area contributed by atoms with Gasteiger partial charge in [-0.15, -0.1) is 0 Å². The number of alkyl halides is 1. The van der Waals surface area contributed by atoms with Crippen LogP contribution in [0.4, 0.5) is 4.79 Å². The number of nitrogens with zero attached hydrogens (tertiary/aromatic N) is 1. The highest BCUT2D eigenvalue weighted by atomic mass is 127. The van der Waals surface area contributed by atoms with Crippen LogP contribution in [0.2, 0.25) is 5.02 Å². The van der Waals surface area contributed by atoms with Crippen LogP contribution in [0.5, 0.6) is 0 Å². The van der Waals surface area contributed by atoms with Gasteiger partial charge in [-0.1, -0.05) is 48.0 Å². The lowest BCUT2D eigenvalue weighted by atomic mass is 9.95. The summed E-state index contributed by atoms with van der Waals surface area (Å²) in [6.45, 7) is 0.777. The van der Waals surface area contributed by atoms with E-state index in [4.69, 9.17) is 22.1 Å². The van der Waals surface area contributed by atoms with Crippen molar-refractivity contribution in [3.05, 3.63) is 59.1 Å². The maximum absolute atomic E-state index is 11.1. The van der Waals surface area contributed by atoms with Gasteiger partial charge in [-0.2, -0.15) is 0 Å². The molecule has 0 radical (unpaired) electrons. The molecule has 128 valence electrons. The van der Waals surface area contributed by atoms with Gasteiger partial charge in [0.2, 0.25) is 0 Å². The lowest BCUT2D eigenvalue weighted by molar-refractivity contribution is 0.0837. The number of hydrogen-bond acceptors (Lipinski definition) is 3. The maximum Gasteiger partial charge on any atom is 0.406 e. The Morgan fingerprint density at radius 1 is 1.12 bits per heavy atom. The minimum atomic E-state index is -0.780. The van der Waals surface area contributed by atoms with E-state index in [0.29, 0.717) is 11.4 Å². The Balaban J connectivity index is 0.000000282. The molecule has 0 aliphatic heterocycles. The summed E-state index contributed by atoms with van der Waals surface area (Å²) in [5.41, 5.74) is 8.87. The molecule has 1 atom stereocenters. The molecular formula is C18H20ClIN2O2. The molecule has 0 saturated heterocycles. The Kier molecular flexibility index (Phi) is 6.48. The van der Waals surface area contributed by atoms with Gasteiger partial charge < -0.3 is 15.4 Å². The number of carbonyl (C=O) groups is 1. The second-order valence-corrected chi connectivity index (χ2v) is 7.97. The van der Waals surface area contributed by atoms with Crippen molar-refractivity contribution < 1.29 is 9.53 Å². The molecule has 0 spiro atoms. The number of carbonyl (C=O) groups excluding carboxylic acids is 1. The average molecular weight is 459 g/mol. The summed E-state index contributed by atoms with van der Waals surface area (Å²) in [5, 5.41) is 0.643. The molecule has 3 rings (SSSR count). The molecule has 1 unspecified atom stereocenters. The lowest BCUT2D eigenvalue weighted by Crippen LogP contribution is -2.32. The largest absolute Gasteiger partial charge is 0.428 e. The Morgan fingerprint density at radius 2 is 1.62 bits per heavy atom. The van der Waals surface area contributed by atoms with E-state index in [1.807, 2.05) is 31.1 Å². The highest BCUT2D eigenvalue weighted by Gasteiger charge is 2.32. The third kappa shape index (κ3) is 5.09. The highest BCUT2D eigenvalue weighted by molar-refractivity contribution is 14.1. The summed E-state index contributed by atoms with van der Waals surface area (Å²) < 4.78 is 4.50. The van der Waals surface area contributed by atoms with Crippen LogP contribution >= 0.6 is 34.2 Å².